The Labute approximate surface area is 87.9 Å². The number of hydrogen-bond donors (Lipinski definition) is 0. The van der Waals surface area contributed by atoms with Crippen molar-refractivity contribution >= 4 is 0 Å². The van der Waals surface area contributed by atoms with Gasteiger partial charge >= 0.3 is 0 Å². The molecular formula is C12H22N2. The Balaban J connectivity index is 2.66. The molecule has 1 heterocycles. The lowest BCUT2D eigenvalue weighted by atomic mass is 9.81. The highest BCUT2D eigenvalue weighted by atomic mass is 15.2. The predicted octanol–water partition coefficient (Wildman–Crippen LogP) is 2.80. The summed E-state index contributed by atoms with van der Waals surface area (Å²) in [5.41, 5.74) is 0.131. The van der Waals surface area contributed by atoms with Gasteiger partial charge in [0.1, 0.15) is 6.04 Å². The average Bonchev–Trinajstić information content (AvgIpc) is 2.20. The second kappa shape index (κ2) is 4.79. The minimum Gasteiger partial charge on any atom is -0.288 e. The maximum atomic E-state index is 9.25. The van der Waals surface area contributed by atoms with E-state index in [1.807, 2.05) is 0 Å². The normalized spacial score (nSPS) is 21.6. The molecule has 0 N–H and O–H groups in total. The van der Waals surface area contributed by atoms with E-state index in [0.717, 1.165) is 19.5 Å². The average molecular weight is 194 g/mol. The van der Waals surface area contributed by atoms with Crippen LogP contribution in [0.15, 0.2) is 0 Å². The molecule has 0 aromatic carbocycles. The molecule has 1 aliphatic heterocycles. The van der Waals surface area contributed by atoms with E-state index >= 15 is 0 Å². The van der Waals surface area contributed by atoms with Gasteiger partial charge in [0.15, 0.2) is 0 Å². The van der Waals surface area contributed by atoms with Crippen LogP contribution < -0.4 is 0 Å². The maximum Gasteiger partial charge on any atom is 0.103 e. The molecule has 80 valence electrons. The lowest BCUT2D eigenvalue weighted by Crippen LogP contribution is -2.46. The van der Waals surface area contributed by atoms with Gasteiger partial charge in [-0.2, -0.15) is 5.26 Å². The summed E-state index contributed by atoms with van der Waals surface area (Å²) < 4.78 is 0. The molecule has 0 saturated carbocycles. The number of nitrogens with zero attached hydrogens (tertiary/aromatic N) is 2. The van der Waals surface area contributed by atoms with Crippen molar-refractivity contribution in [1.82, 2.24) is 4.90 Å². The lowest BCUT2D eigenvalue weighted by Gasteiger charge is -2.39. The molecule has 0 bridgehead atoms. The van der Waals surface area contributed by atoms with Crippen molar-refractivity contribution in [2.75, 3.05) is 13.1 Å². The van der Waals surface area contributed by atoms with Crippen LogP contribution in [-0.4, -0.2) is 24.0 Å². The smallest absolute Gasteiger partial charge is 0.103 e. The molecule has 1 atom stereocenters. The van der Waals surface area contributed by atoms with E-state index in [1.54, 1.807) is 0 Å². The minimum atomic E-state index is 0.104. The van der Waals surface area contributed by atoms with E-state index in [2.05, 4.69) is 31.7 Å². The molecule has 0 aliphatic carbocycles. The van der Waals surface area contributed by atoms with Crippen molar-refractivity contribution in [2.45, 2.75) is 52.5 Å². The van der Waals surface area contributed by atoms with Crippen molar-refractivity contribution in [2.24, 2.45) is 5.41 Å². The van der Waals surface area contributed by atoms with Gasteiger partial charge in [-0.3, -0.25) is 4.90 Å². The molecule has 1 fully saturated rings. The van der Waals surface area contributed by atoms with Gasteiger partial charge in [0.05, 0.1) is 6.07 Å². The van der Waals surface area contributed by atoms with Crippen LogP contribution in [0.25, 0.3) is 0 Å². The summed E-state index contributed by atoms with van der Waals surface area (Å²) in [7, 11) is 0. The number of hydrogen-bond acceptors (Lipinski definition) is 2. The van der Waals surface area contributed by atoms with E-state index in [9.17, 15) is 5.26 Å². The van der Waals surface area contributed by atoms with E-state index in [-0.39, 0.29) is 11.5 Å². The van der Waals surface area contributed by atoms with Crippen molar-refractivity contribution in [3.63, 3.8) is 0 Å². The van der Waals surface area contributed by atoms with Gasteiger partial charge in [-0.25, -0.2) is 0 Å². The summed E-state index contributed by atoms with van der Waals surface area (Å²) in [4.78, 5) is 2.37. The second-order valence-electron chi connectivity index (χ2n) is 4.97. The standard InChI is InChI=1S/C12H22N2/c1-4-12(2,3)11(10-13)14-8-6-5-7-9-14/h11H,4-9H2,1-3H3. The maximum absolute atomic E-state index is 9.25. The van der Waals surface area contributed by atoms with Crippen LogP contribution in [0, 0.1) is 16.7 Å². The van der Waals surface area contributed by atoms with E-state index in [0.29, 0.717) is 0 Å². The minimum absolute atomic E-state index is 0.104. The van der Waals surface area contributed by atoms with Gasteiger partial charge in [-0.15, -0.1) is 0 Å². The third-order valence-electron chi connectivity index (χ3n) is 3.53. The molecule has 14 heavy (non-hydrogen) atoms. The van der Waals surface area contributed by atoms with E-state index in [1.165, 1.54) is 19.3 Å². The van der Waals surface area contributed by atoms with Crippen LogP contribution in [0.5, 0.6) is 0 Å². The zero-order valence-corrected chi connectivity index (χ0v) is 9.71. The quantitative estimate of drug-likeness (QED) is 0.690. The van der Waals surface area contributed by atoms with Crippen LogP contribution >= 0.6 is 0 Å². The van der Waals surface area contributed by atoms with Crippen LogP contribution in [0.2, 0.25) is 0 Å². The van der Waals surface area contributed by atoms with Crippen LogP contribution in [0.3, 0.4) is 0 Å². The summed E-state index contributed by atoms with van der Waals surface area (Å²) >= 11 is 0. The van der Waals surface area contributed by atoms with Gasteiger partial charge in [0.25, 0.3) is 0 Å². The highest BCUT2D eigenvalue weighted by Crippen LogP contribution is 2.30. The summed E-state index contributed by atoms with van der Waals surface area (Å²) in [6.45, 7) is 8.81. The Morgan fingerprint density at radius 1 is 1.29 bits per heavy atom. The van der Waals surface area contributed by atoms with Gasteiger partial charge < -0.3 is 0 Å². The molecule has 0 aromatic heterocycles. The first-order valence-electron chi connectivity index (χ1n) is 5.75. The molecule has 0 spiro atoms. The summed E-state index contributed by atoms with van der Waals surface area (Å²) in [6.07, 6.45) is 4.93. The third kappa shape index (κ3) is 2.48. The molecular weight excluding hydrogens is 172 g/mol. The van der Waals surface area contributed by atoms with Gasteiger partial charge in [0.2, 0.25) is 0 Å². The Hall–Kier alpha value is -0.550. The number of nitriles is 1. The monoisotopic (exact) mass is 194 g/mol. The van der Waals surface area contributed by atoms with Crippen LogP contribution in [-0.2, 0) is 0 Å². The first-order chi connectivity index (χ1) is 6.61. The first-order valence-corrected chi connectivity index (χ1v) is 5.75. The Bertz CT molecular complexity index is 209. The number of piperidine rings is 1. The Morgan fingerprint density at radius 2 is 1.86 bits per heavy atom. The first kappa shape index (κ1) is 11.5. The van der Waals surface area contributed by atoms with Gasteiger partial charge in [-0.05, 0) is 37.8 Å². The zero-order valence-electron chi connectivity index (χ0n) is 9.71. The van der Waals surface area contributed by atoms with E-state index in [4.69, 9.17) is 0 Å². The second-order valence-corrected chi connectivity index (χ2v) is 4.97. The highest BCUT2D eigenvalue weighted by molar-refractivity contribution is 5.01. The van der Waals surface area contributed by atoms with Crippen molar-refractivity contribution < 1.29 is 0 Å². The van der Waals surface area contributed by atoms with Crippen molar-refractivity contribution in [1.29, 1.82) is 5.26 Å². The third-order valence-corrected chi connectivity index (χ3v) is 3.53. The van der Waals surface area contributed by atoms with Crippen molar-refractivity contribution in [3.8, 4) is 6.07 Å². The van der Waals surface area contributed by atoms with Crippen LogP contribution in [0.1, 0.15) is 46.5 Å². The summed E-state index contributed by atoms with van der Waals surface area (Å²) in [5, 5.41) is 9.25. The lowest BCUT2D eigenvalue weighted by molar-refractivity contribution is 0.103. The molecule has 0 radical (unpaired) electrons. The fourth-order valence-corrected chi connectivity index (χ4v) is 2.12. The molecule has 0 aromatic rings. The molecule has 1 unspecified atom stereocenters. The molecule has 0 amide bonds. The molecule has 1 rings (SSSR count). The summed E-state index contributed by atoms with van der Waals surface area (Å²) in [6, 6.07) is 2.59. The Morgan fingerprint density at radius 3 is 2.29 bits per heavy atom. The number of rotatable bonds is 3. The fraction of sp³-hybridized carbons (Fsp3) is 0.917. The molecule has 2 nitrogen and oxygen atoms in total. The summed E-state index contributed by atoms with van der Waals surface area (Å²) in [5.74, 6) is 0. The molecule has 1 aliphatic rings. The number of likely N-dealkylation sites (tertiary alicyclic amines) is 1. The van der Waals surface area contributed by atoms with E-state index < -0.39 is 0 Å². The molecule has 2 heteroatoms. The zero-order chi connectivity index (χ0) is 10.6. The fourth-order valence-electron chi connectivity index (χ4n) is 2.12. The largest absolute Gasteiger partial charge is 0.288 e. The van der Waals surface area contributed by atoms with Crippen molar-refractivity contribution in [3.05, 3.63) is 0 Å². The molecule has 1 saturated heterocycles. The highest BCUT2D eigenvalue weighted by Gasteiger charge is 2.33. The van der Waals surface area contributed by atoms with Gasteiger partial charge in [0, 0.05) is 0 Å². The Kier molecular flexibility index (Phi) is 3.95. The van der Waals surface area contributed by atoms with Crippen LogP contribution in [0.4, 0.5) is 0 Å². The predicted molar refractivity (Wildman–Crippen MR) is 58.9 cm³/mol. The topological polar surface area (TPSA) is 27.0 Å². The van der Waals surface area contributed by atoms with Gasteiger partial charge in [-0.1, -0.05) is 27.2 Å². The SMILES string of the molecule is CCC(C)(C)C(C#N)N1CCCCC1.